The van der Waals surface area contributed by atoms with Crippen molar-refractivity contribution in [3.05, 3.63) is 24.2 Å². The highest BCUT2D eigenvalue weighted by Gasteiger charge is 2.28. The molecule has 2 atom stereocenters. The predicted octanol–water partition coefficient (Wildman–Crippen LogP) is 2.77. The smallest absolute Gasteiger partial charge is 0.230 e. The summed E-state index contributed by atoms with van der Waals surface area (Å²) in [5, 5.41) is 12.7. The Labute approximate surface area is 163 Å². The molecule has 2 aromatic rings. The fraction of sp³-hybridized carbons (Fsp3) is 0.632. The molecule has 27 heavy (non-hydrogen) atoms. The van der Waals surface area contributed by atoms with Crippen molar-refractivity contribution in [3.8, 4) is 0 Å². The maximum absolute atomic E-state index is 12.1. The van der Waals surface area contributed by atoms with Crippen LogP contribution in [0, 0.1) is 11.8 Å². The summed E-state index contributed by atoms with van der Waals surface area (Å²) in [5.41, 5.74) is 0. The first kappa shape index (κ1) is 18.4. The summed E-state index contributed by atoms with van der Waals surface area (Å²) >= 11 is 1.44. The number of amides is 1. The number of nitrogens with one attached hydrogen (secondary N) is 1. The predicted molar refractivity (Wildman–Crippen MR) is 105 cm³/mol. The van der Waals surface area contributed by atoms with Crippen LogP contribution >= 0.6 is 11.8 Å². The first-order chi connectivity index (χ1) is 13.1. The Morgan fingerprint density at radius 2 is 2.07 bits per heavy atom. The second kappa shape index (κ2) is 7.96. The van der Waals surface area contributed by atoms with Gasteiger partial charge in [-0.05, 0) is 43.2 Å². The van der Waals surface area contributed by atoms with Crippen molar-refractivity contribution in [2.75, 3.05) is 23.7 Å². The van der Waals surface area contributed by atoms with Crippen LogP contribution in [0.1, 0.15) is 38.9 Å². The monoisotopic (exact) mass is 389 g/mol. The van der Waals surface area contributed by atoms with Gasteiger partial charge in [0.1, 0.15) is 5.76 Å². The highest BCUT2D eigenvalue weighted by Crippen LogP contribution is 2.29. The molecule has 1 saturated carbocycles. The first-order valence-electron chi connectivity index (χ1n) is 9.71. The topological polar surface area (TPSA) is 76.2 Å². The normalized spacial score (nSPS) is 22.8. The van der Waals surface area contributed by atoms with Crippen molar-refractivity contribution < 1.29 is 9.21 Å². The second-order valence-corrected chi connectivity index (χ2v) is 8.87. The van der Waals surface area contributed by atoms with Crippen LogP contribution in [0.25, 0.3) is 0 Å². The van der Waals surface area contributed by atoms with Gasteiger partial charge in [0, 0.05) is 19.1 Å². The van der Waals surface area contributed by atoms with Gasteiger partial charge in [-0.1, -0.05) is 25.6 Å². The molecule has 1 N–H and O–H groups in total. The number of carbonyl (C=O) groups is 1. The van der Waals surface area contributed by atoms with Crippen LogP contribution < -0.4 is 10.2 Å². The fourth-order valence-corrected chi connectivity index (χ4v) is 4.52. The van der Waals surface area contributed by atoms with Gasteiger partial charge in [-0.25, -0.2) is 0 Å². The number of furan rings is 1. The van der Waals surface area contributed by atoms with Gasteiger partial charge >= 0.3 is 0 Å². The Morgan fingerprint density at radius 3 is 2.74 bits per heavy atom. The van der Waals surface area contributed by atoms with Gasteiger partial charge in [0.15, 0.2) is 5.16 Å². The molecule has 146 valence electrons. The van der Waals surface area contributed by atoms with E-state index in [9.17, 15) is 4.79 Å². The summed E-state index contributed by atoms with van der Waals surface area (Å²) in [6.45, 7) is 7.10. The van der Waals surface area contributed by atoms with Crippen LogP contribution in [-0.2, 0) is 11.3 Å². The number of hydrogen-bond donors (Lipinski definition) is 1. The number of anilines is 1. The van der Waals surface area contributed by atoms with Crippen molar-refractivity contribution in [1.29, 1.82) is 0 Å². The number of thioether (sulfide) groups is 1. The Kier molecular flexibility index (Phi) is 5.43. The number of hydrogen-bond acceptors (Lipinski definition) is 6. The number of piperidine rings is 1. The number of rotatable bonds is 7. The lowest BCUT2D eigenvalue weighted by Gasteiger charge is -2.35. The number of aromatic nitrogens is 3. The lowest BCUT2D eigenvalue weighted by atomic mass is 9.92. The van der Waals surface area contributed by atoms with E-state index in [0.29, 0.717) is 30.2 Å². The molecule has 0 bridgehead atoms. The van der Waals surface area contributed by atoms with E-state index in [1.54, 1.807) is 6.26 Å². The summed E-state index contributed by atoms with van der Waals surface area (Å²) in [4.78, 5) is 14.4. The highest BCUT2D eigenvalue weighted by atomic mass is 32.2. The largest absolute Gasteiger partial charge is 0.467 e. The molecule has 0 radical (unpaired) electrons. The lowest BCUT2D eigenvalue weighted by Crippen LogP contribution is -2.40. The summed E-state index contributed by atoms with van der Waals surface area (Å²) < 4.78 is 7.63. The van der Waals surface area contributed by atoms with Gasteiger partial charge < -0.3 is 14.6 Å². The molecule has 0 spiro atoms. The third kappa shape index (κ3) is 4.66. The Balaban J connectivity index is 1.52. The molecule has 1 amide bonds. The molecule has 1 aliphatic heterocycles. The first-order valence-corrected chi connectivity index (χ1v) is 10.7. The quantitative estimate of drug-likeness (QED) is 0.734. The molecule has 1 saturated heterocycles. The van der Waals surface area contributed by atoms with E-state index in [0.717, 1.165) is 42.8 Å². The molecule has 7 nitrogen and oxygen atoms in total. The minimum absolute atomic E-state index is 0.0665. The van der Waals surface area contributed by atoms with Crippen LogP contribution in [0.4, 0.5) is 5.95 Å². The van der Waals surface area contributed by atoms with Crippen LogP contribution in [0.3, 0.4) is 0 Å². The molecule has 2 aromatic heterocycles. The van der Waals surface area contributed by atoms with Gasteiger partial charge in [0.25, 0.3) is 0 Å². The van der Waals surface area contributed by atoms with E-state index in [4.69, 9.17) is 4.42 Å². The molecule has 4 rings (SSSR count). The fourth-order valence-electron chi connectivity index (χ4n) is 3.77. The Morgan fingerprint density at radius 1 is 1.30 bits per heavy atom. The van der Waals surface area contributed by atoms with Crippen LogP contribution in [0.15, 0.2) is 28.0 Å². The highest BCUT2D eigenvalue weighted by molar-refractivity contribution is 7.99. The average Bonchev–Trinajstić information content (AvgIpc) is 3.13. The number of nitrogens with zero attached hydrogens (tertiary/aromatic N) is 4. The van der Waals surface area contributed by atoms with Crippen molar-refractivity contribution in [2.45, 2.75) is 50.9 Å². The van der Waals surface area contributed by atoms with E-state index in [2.05, 4.69) is 38.8 Å². The van der Waals surface area contributed by atoms with Crippen molar-refractivity contribution >= 4 is 23.6 Å². The van der Waals surface area contributed by atoms with Crippen LogP contribution in [-0.4, -0.2) is 45.6 Å². The van der Waals surface area contributed by atoms with E-state index in [-0.39, 0.29) is 5.91 Å². The number of carbonyl (C=O) groups excluding carboxylic acids is 1. The minimum atomic E-state index is 0.0665. The van der Waals surface area contributed by atoms with Gasteiger partial charge in [0.05, 0.1) is 18.6 Å². The zero-order chi connectivity index (χ0) is 18.8. The molecule has 2 fully saturated rings. The second-order valence-electron chi connectivity index (χ2n) is 7.93. The molecule has 0 unspecified atom stereocenters. The summed E-state index contributed by atoms with van der Waals surface area (Å²) in [6, 6.07) is 4.23. The Bertz CT molecular complexity index is 761. The van der Waals surface area contributed by atoms with Crippen molar-refractivity contribution in [3.63, 3.8) is 0 Å². The SMILES string of the molecule is C[C@@H]1C[C@@H](C)CN(c2nnc(SCC(=O)NC3CC3)n2Cc2ccco2)C1. The van der Waals surface area contributed by atoms with Crippen molar-refractivity contribution in [1.82, 2.24) is 20.1 Å². The third-order valence-corrected chi connectivity index (χ3v) is 5.98. The zero-order valence-corrected chi connectivity index (χ0v) is 16.7. The minimum Gasteiger partial charge on any atom is -0.467 e. The van der Waals surface area contributed by atoms with Gasteiger partial charge in [-0.15, -0.1) is 10.2 Å². The molecule has 0 aromatic carbocycles. The molecule has 8 heteroatoms. The molecular weight excluding hydrogens is 362 g/mol. The lowest BCUT2D eigenvalue weighted by molar-refractivity contribution is -0.118. The van der Waals surface area contributed by atoms with Gasteiger partial charge in [0.2, 0.25) is 11.9 Å². The van der Waals surface area contributed by atoms with Crippen LogP contribution in [0.2, 0.25) is 0 Å². The van der Waals surface area contributed by atoms with Gasteiger partial charge in [-0.3, -0.25) is 9.36 Å². The summed E-state index contributed by atoms with van der Waals surface area (Å²) in [7, 11) is 0. The van der Waals surface area contributed by atoms with Gasteiger partial charge in [-0.2, -0.15) is 0 Å². The maximum Gasteiger partial charge on any atom is 0.230 e. The van der Waals surface area contributed by atoms with E-state index >= 15 is 0 Å². The molecule has 3 heterocycles. The molecule has 2 aliphatic rings. The summed E-state index contributed by atoms with van der Waals surface area (Å²) in [5.74, 6) is 3.41. The maximum atomic E-state index is 12.1. The Hall–Kier alpha value is -1.96. The molecular formula is C19H27N5O2S. The zero-order valence-electron chi connectivity index (χ0n) is 15.9. The average molecular weight is 390 g/mol. The summed E-state index contributed by atoms with van der Waals surface area (Å²) in [6.07, 6.45) is 5.12. The third-order valence-electron chi connectivity index (χ3n) is 5.02. The van der Waals surface area contributed by atoms with E-state index < -0.39 is 0 Å². The van der Waals surface area contributed by atoms with Crippen LogP contribution in [0.5, 0.6) is 0 Å². The standard InChI is InChI=1S/C19H27N5O2S/c1-13-8-14(2)10-23(9-13)18-21-22-19(24(18)11-16-4-3-7-26-16)27-12-17(25)20-15-5-6-15/h3-4,7,13-15H,5-6,8-12H2,1-2H3,(H,20,25)/t13-,14-/m1/s1. The van der Waals surface area contributed by atoms with E-state index in [1.165, 1.54) is 18.2 Å². The van der Waals surface area contributed by atoms with Crippen molar-refractivity contribution in [2.24, 2.45) is 11.8 Å². The van der Waals surface area contributed by atoms with E-state index in [1.807, 2.05) is 12.1 Å². The molecule has 1 aliphatic carbocycles.